The third-order valence-electron chi connectivity index (χ3n) is 2.42. The van der Waals surface area contributed by atoms with Crippen molar-refractivity contribution < 1.29 is 76.1 Å². The first kappa shape index (κ1) is 25.2. The summed E-state index contributed by atoms with van der Waals surface area (Å²) in [5.41, 5.74) is -0.0288. The number of unbranched alkanes of at least 4 members (excludes halogenated alkanes) is 1. The summed E-state index contributed by atoms with van der Waals surface area (Å²) in [5, 5.41) is 29.0. The molecule has 0 amide bonds. The number of nitro groups is 1. The Morgan fingerprint density at radius 3 is 2.48 bits per heavy atom. The first-order chi connectivity index (χ1) is 10.5. The summed E-state index contributed by atoms with van der Waals surface area (Å²) in [6, 6.07) is 4.11. The van der Waals surface area contributed by atoms with Crippen molar-refractivity contribution in [1.29, 1.82) is 0 Å². The van der Waals surface area contributed by atoms with E-state index in [1.165, 1.54) is 25.3 Å². The molecule has 0 radical (unpaired) electrons. The summed E-state index contributed by atoms with van der Waals surface area (Å²) < 4.78 is 4.48. The van der Waals surface area contributed by atoms with Crippen LogP contribution in [-0.4, -0.2) is 42.1 Å². The predicted octanol–water partition coefficient (Wildman–Crippen LogP) is -1.38. The molecule has 0 aromatic heterocycles. The first-order valence-corrected chi connectivity index (χ1v) is 7.68. The topological polar surface area (TPSA) is 113 Å². The van der Waals surface area contributed by atoms with Gasteiger partial charge in [-0.05, 0) is 12.1 Å². The van der Waals surface area contributed by atoms with Crippen LogP contribution in [0.1, 0.15) is 30.1 Å². The molecule has 1 aromatic rings. The van der Waals surface area contributed by atoms with Crippen LogP contribution in [0.3, 0.4) is 0 Å². The van der Waals surface area contributed by atoms with E-state index >= 15 is 0 Å². The molecule has 124 valence electrons. The van der Waals surface area contributed by atoms with E-state index in [-0.39, 0.29) is 75.8 Å². The van der Waals surface area contributed by atoms with Crippen LogP contribution in [0.4, 0.5) is 5.69 Å². The number of hydrogen-bond acceptors (Lipinski definition) is 7. The van der Waals surface area contributed by atoms with Crippen molar-refractivity contribution >= 4 is 23.4 Å². The number of esters is 1. The molecule has 0 aliphatic rings. The van der Waals surface area contributed by atoms with E-state index in [1.807, 2.05) is 6.92 Å². The summed E-state index contributed by atoms with van der Waals surface area (Å²) in [7, 11) is 1.21. The van der Waals surface area contributed by atoms with Gasteiger partial charge >= 0.3 is 57.4 Å². The summed E-state index contributed by atoms with van der Waals surface area (Å²) in [6.07, 6.45) is 1.86. The van der Waals surface area contributed by atoms with E-state index in [1.54, 1.807) is 0 Å². The predicted molar refractivity (Wildman–Crippen MR) is 82.0 cm³/mol. The molecule has 0 saturated heterocycles. The molecule has 0 saturated carbocycles. The van der Waals surface area contributed by atoms with Gasteiger partial charge in [0.05, 0.1) is 29.1 Å². The van der Waals surface area contributed by atoms with E-state index in [4.69, 9.17) is 5.11 Å². The van der Waals surface area contributed by atoms with Crippen LogP contribution < -0.4 is 56.5 Å². The van der Waals surface area contributed by atoms with Crippen molar-refractivity contribution in [2.24, 2.45) is 0 Å². The minimum Gasteiger partial charge on any atom is -0.854 e. The minimum atomic E-state index is -0.619. The Bertz CT molecular complexity index is 484. The number of nitrogens with zero attached hydrogens (tertiary/aromatic N) is 1. The molecule has 0 unspecified atom stereocenters. The summed E-state index contributed by atoms with van der Waals surface area (Å²) in [6.45, 7) is 2.04. The van der Waals surface area contributed by atoms with E-state index < -0.39 is 10.9 Å². The van der Waals surface area contributed by atoms with E-state index in [0.29, 0.717) is 10.6 Å². The number of ether oxygens (including phenoxy) is 1. The van der Waals surface area contributed by atoms with E-state index in [0.717, 1.165) is 24.6 Å². The Morgan fingerprint density at radius 2 is 2.09 bits per heavy atom. The van der Waals surface area contributed by atoms with Crippen molar-refractivity contribution in [3.63, 3.8) is 0 Å². The van der Waals surface area contributed by atoms with Crippen LogP contribution >= 0.6 is 11.8 Å². The van der Waals surface area contributed by atoms with E-state index in [9.17, 15) is 20.0 Å². The number of thioether (sulfide) groups is 1. The van der Waals surface area contributed by atoms with Gasteiger partial charge in [-0.15, -0.1) is 18.4 Å². The van der Waals surface area contributed by atoms with Crippen molar-refractivity contribution in [2.45, 2.75) is 24.7 Å². The first-order valence-electron chi connectivity index (χ1n) is 6.70. The quantitative estimate of drug-likeness (QED) is 0.207. The Hall–Kier alpha value is -0.00364. The van der Waals surface area contributed by atoms with Gasteiger partial charge in [-0.25, -0.2) is 4.79 Å². The number of nitro benzene ring substituents is 1. The maximum absolute atomic E-state index is 11.2. The number of rotatable bonds is 7. The van der Waals surface area contributed by atoms with Crippen LogP contribution in [-0.2, 0) is 4.74 Å². The standard InChI is InChI=1S/C10H11NO5S.C4H9O.K/c1-16-10(13)7-2-3-9(17-5-4-12)8(6-7)11(14)15;1-2-3-4-5;/h2-3,6,12H,4-5H2,1H3;2-4H2,1H3;/q;-1;+1. The molecule has 7 nitrogen and oxygen atoms in total. The Balaban J connectivity index is 0. The van der Waals surface area contributed by atoms with Crippen molar-refractivity contribution in [3.05, 3.63) is 33.9 Å². The zero-order chi connectivity index (χ0) is 17.0. The van der Waals surface area contributed by atoms with Crippen LogP contribution in [0.15, 0.2) is 23.1 Å². The van der Waals surface area contributed by atoms with Gasteiger partial charge in [-0.1, -0.05) is 19.8 Å². The smallest absolute Gasteiger partial charge is 0.854 e. The average molecular weight is 369 g/mol. The molecule has 9 heteroatoms. The molecular weight excluding hydrogens is 349 g/mol. The number of hydrogen-bond donors (Lipinski definition) is 1. The van der Waals surface area contributed by atoms with Crippen LogP contribution in [0.25, 0.3) is 0 Å². The summed E-state index contributed by atoms with van der Waals surface area (Å²) in [4.78, 5) is 21.9. The number of aliphatic hydroxyl groups excluding tert-OH is 1. The van der Waals surface area contributed by atoms with Gasteiger partial charge in [-0.3, -0.25) is 10.1 Å². The number of methoxy groups -OCH3 is 1. The summed E-state index contributed by atoms with van der Waals surface area (Å²) >= 11 is 1.16. The van der Waals surface area contributed by atoms with Gasteiger partial charge < -0.3 is 14.9 Å². The van der Waals surface area contributed by atoms with Crippen molar-refractivity contribution in [1.82, 2.24) is 0 Å². The molecule has 0 bridgehead atoms. The Kier molecular flexibility index (Phi) is 17.0. The molecule has 0 aliphatic carbocycles. The zero-order valence-electron chi connectivity index (χ0n) is 13.6. The molecule has 23 heavy (non-hydrogen) atoms. The van der Waals surface area contributed by atoms with Gasteiger partial charge in [0, 0.05) is 11.8 Å². The second-order valence-electron chi connectivity index (χ2n) is 4.06. The van der Waals surface area contributed by atoms with Crippen LogP contribution in [0, 0.1) is 10.1 Å². The molecule has 1 rings (SSSR count). The zero-order valence-corrected chi connectivity index (χ0v) is 17.6. The second-order valence-corrected chi connectivity index (χ2v) is 5.20. The largest absolute Gasteiger partial charge is 1.00 e. The molecule has 1 N–H and O–H groups in total. The normalized spacial score (nSPS) is 9.22. The fourth-order valence-electron chi connectivity index (χ4n) is 1.33. The van der Waals surface area contributed by atoms with Gasteiger partial charge in [0.1, 0.15) is 0 Å². The van der Waals surface area contributed by atoms with Crippen LogP contribution in [0.2, 0.25) is 0 Å². The molecule has 0 atom stereocenters. The number of carbonyl (C=O) groups excluding carboxylic acids is 1. The van der Waals surface area contributed by atoms with Gasteiger partial charge in [0.25, 0.3) is 5.69 Å². The van der Waals surface area contributed by atoms with Crippen molar-refractivity contribution in [3.8, 4) is 0 Å². The molecule has 0 fully saturated rings. The number of carbonyl (C=O) groups is 1. The Labute approximate surface area is 182 Å². The third kappa shape index (κ3) is 10.5. The average Bonchev–Trinajstić information content (AvgIpc) is 2.53. The molecular formula is C14H20KNO6S. The molecule has 0 spiro atoms. The summed E-state index contributed by atoms with van der Waals surface area (Å²) in [5.74, 6) is -0.259. The molecule has 1 aromatic carbocycles. The Morgan fingerprint density at radius 1 is 1.43 bits per heavy atom. The fourth-order valence-corrected chi connectivity index (χ4v) is 2.08. The fraction of sp³-hybridized carbons (Fsp3) is 0.500. The molecule has 0 heterocycles. The second kappa shape index (κ2) is 15.5. The van der Waals surface area contributed by atoms with Gasteiger partial charge in [0.2, 0.25) is 0 Å². The SMILES string of the molecule is CCCC[O-].COC(=O)c1ccc(SCCO)c([N+](=O)[O-])c1.[K+]. The maximum Gasteiger partial charge on any atom is 1.00 e. The monoisotopic (exact) mass is 369 g/mol. The van der Waals surface area contributed by atoms with Crippen LogP contribution in [0.5, 0.6) is 0 Å². The minimum absolute atomic E-state index is 0. The van der Waals surface area contributed by atoms with Crippen molar-refractivity contribution in [2.75, 3.05) is 26.1 Å². The number of benzene rings is 1. The van der Waals surface area contributed by atoms with Gasteiger partial charge in [0.15, 0.2) is 0 Å². The third-order valence-corrected chi connectivity index (χ3v) is 3.47. The molecule has 0 aliphatic heterocycles. The van der Waals surface area contributed by atoms with Gasteiger partial charge in [-0.2, -0.15) is 0 Å². The number of aliphatic hydroxyl groups is 1. The van der Waals surface area contributed by atoms with E-state index in [2.05, 4.69) is 4.74 Å². The maximum atomic E-state index is 11.2.